The second-order valence-electron chi connectivity index (χ2n) is 2.91. The number of carbonyl (C=O) groups excluding carboxylic acids is 1. The van der Waals surface area contributed by atoms with Crippen molar-refractivity contribution in [2.75, 3.05) is 7.11 Å². The average molecular weight is 170 g/mol. The maximum atomic E-state index is 11.0. The van der Waals surface area contributed by atoms with Crippen molar-refractivity contribution in [2.24, 2.45) is 0 Å². The Morgan fingerprint density at radius 2 is 2.33 bits per heavy atom. The van der Waals surface area contributed by atoms with Crippen LogP contribution in [0.4, 0.5) is 0 Å². The molecule has 0 saturated heterocycles. The Morgan fingerprint density at radius 3 is 2.75 bits per heavy atom. The fourth-order valence-electron chi connectivity index (χ4n) is 1.36. The molecule has 0 amide bonds. The van der Waals surface area contributed by atoms with Crippen molar-refractivity contribution in [3.63, 3.8) is 0 Å². The number of rotatable bonds is 2. The van der Waals surface area contributed by atoms with Gasteiger partial charge in [0.25, 0.3) is 0 Å². The van der Waals surface area contributed by atoms with Gasteiger partial charge in [-0.2, -0.15) is 0 Å². The fraction of sp³-hybridized carbons (Fsp3) is 0.667. The Balaban J connectivity index is 2.71. The van der Waals surface area contributed by atoms with Crippen molar-refractivity contribution >= 4 is 5.78 Å². The van der Waals surface area contributed by atoms with E-state index >= 15 is 0 Å². The predicted molar refractivity (Wildman–Crippen MR) is 44.5 cm³/mol. The van der Waals surface area contributed by atoms with Gasteiger partial charge >= 0.3 is 0 Å². The Morgan fingerprint density at radius 1 is 1.67 bits per heavy atom. The molecular formula is C9H14O3. The second-order valence-corrected chi connectivity index (χ2v) is 2.91. The van der Waals surface area contributed by atoms with E-state index < -0.39 is 0 Å². The highest BCUT2D eigenvalue weighted by atomic mass is 16.7. The average Bonchev–Trinajstić information content (AvgIpc) is 2.03. The van der Waals surface area contributed by atoms with Gasteiger partial charge in [-0.1, -0.05) is 0 Å². The SMILES string of the molecule is COC1CCC(C(C)=O)=C(C)O1. The predicted octanol–water partition coefficient (Wildman–Crippen LogP) is 1.63. The number of hydrogen-bond donors (Lipinski definition) is 0. The number of ketones is 1. The lowest BCUT2D eigenvalue weighted by atomic mass is 10.0. The minimum absolute atomic E-state index is 0.0991. The highest BCUT2D eigenvalue weighted by molar-refractivity contribution is 5.93. The van der Waals surface area contributed by atoms with E-state index in [1.165, 1.54) is 0 Å². The highest BCUT2D eigenvalue weighted by Crippen LogP contribution is 2.24. The summed E-state index contributed by atoms with van der Waals surface area (Å²) in [4.78, 5) is 11.0. The molecule has 1 heterocycles. The summed E-state index contributed by atoms with van der Waals surface area (Å²) in [5.41, 5.74) is 0.795. The Hall–Kier alpha value is -0.830. The van der Waals surface area contributed by atoms with Crippen LogP contribution in [0.5, 0.6) is 0 Å². The van der Waals surface area contributed by atoms with E-state index in [0.717, 1.165) is 18.4 Å². The lowest BCUT2D eigenvalue weighted by molar-refractivity contribution is -0.120. The van der Waals surface area contributed by atoms with Gasteiger partial charge in [0, 0.05) is 19.1 Å². The summed E-state index contributed by atoms with van der Waals surface area (Å²) < 4.78 is 10.4. The van der Waals surface area contributed by atoms with Crippen LogP contribution in [0.3, 0.4) is 0 Å². The minimum Gasteiger partial charge on any atom is -0.469 e. The summed E-state index contributed by atoms with van der Waals surface area (Å²) in [6.45, 7) is 3.37. The molecule has 0 radical (unpaired) electrons. The number of carbonyl (C=O) groups is 1. The zero-order valence-corrected chi connectivity index (χ0v) is 7.72. The zero-order valence-electron chi connectivity index (χ0n) is 7.72. The van der Waals surface area contributed by atoms with Crippen molar-refractivity contribution in [3.05, 3.63) is 11.3 Å². The van der Waals surface area contributed by atoms with Crippen LogP contribution in [-0.4, -0.2) is 19.2 Å². The van der Waals surface area contributed by atoms with E-state index in [4.69, 9.17) is 9.47 Å². The highest BCUT2D eigenvalue weighted by Gasteiger charge is 2.21. The molecular weight excluding hydrogens is 156 g/mol. The molecule has 1 rings (SSSR count). The van der Waals surface area contributed by atoms with E-state index in [1.54, 1.807) is 14.0 Å². The number of ether oxygens (including phenoxy) is 2. The summed E-state index contributed by atoms with van der Waals surface area (Å²) in [6.07, 6.45) is 1.36. The van der Waals surface area contributed by atoms with Crippen LogP contribution in [0.1, 0.15) is 26.7 Å². The normalized spacial score (nSPS) is 23.8. The van der Waals surface area contributed by atoms with Crippen LogP contribution >= 0.6 is 0 Å². The summed E-state index contributed by atoms with van der Waals surface area (Å²) in [6, 6.07) is 0. The molecule has 1 aliphatic rings. The number of methoxy groups -OCH3 is 1. The van der Waals surface area contributed by atoms with Crippen molar-refractivity contribution in [1.82, 2.24) is 0 Å². The van der Waals surface area contributed by atoms with Crippen molar-refractivity contribution in [1.29, 1.82) is 0 Å². The molecule has 1 unspecified atom stereocenters. The number of allylic oxidation sites excluding steroid dienone is 2. The molecule has 0 aliphatic carbocycles. The largest absolute Gasteiger partial charge is 0.469 e. The van der Waals surface area contributed by atoms with Crippen LogP contribution < -0.4 is 0 Å². The third kappa shape index (κ3) is 1.85. The molecule has 0 aromatic heterocycles. The molecule has 0 saturated carbocycles. The van der Waals surface area contributed by atoms with E-state index in [0.29, 0.717) is 5.76 Å². The summed E-state index contributed by atoms with van der Waals surface area (Å²) in [7, 11) is 1.61. The first-order chi connectivity index (χ1) is 5.65. The monoisotopic (exact) mass is 170 g/mol. The summed E-state index contributed by atoms with van der Waals surface area (Å²) >= 11 is 0. The van der Waals surface area contributed by atoms with Crippen LogP contribution in [0.25, 0.3) is 0 Å². The molecule has 3 nitrogen and oxygen atoms in total. The molecule has 3 heteroatoms. The minimum atomic E-state index is -0.173. The summed E-state index contributed by atoms with van der Waals surface area (Å²) in [5.74, 6) is 0.808. The topological polar surface area (TPSA) is 35.5 Å². The van der Waals surface area contributed by atoms with Crippen LogP contribution in [0, 0.1) is 0 Å². The fourth-order valence-corrected chi connectivity index (χ4v) is 1.36. The van der Waals surface area contributed by atoms with Gasteiger partial charge in [-0.15, -0.1) is 0 Å². The van der Waals surface area contributed by atoms with Gasteiger partial charge in [0.15, 0.2) is 12.1 Å². The molecule has 0 aromatic carbocycles. The first kappa shape index (κ1) is 9.26. The molecule has 0 bridgehead atoms. The Labute approximate surface area is 72.4 Å². The molecule has 0 fully saturated rings. The number of Topliss-reactive ketones (excluding diaryl/α,β-unsaturated/α-hetero) is 1. The smallest absolute Gasteiger partial charge is 0.199 e. The molecule has 1 atom stereocenters. The molecule has 0 spiro atoms. The van der Waals surface area contributed by atoms with Gasteiger partial charge in [0.2, 0.25) is 0 Å². The maximum Gasteiger partial charge on any atom is 0.199 e. The van der Waals surface area contributed by atoms with Gasteiger partial charge in [-0.3, -0.25) is 4.79 Å². The standard InChI is InChI=1S/C9H14O3/c1-6(10)8-4-5-9(11-3)12-7(8)2/h9H,4-5H2,1-3H3. The van der Waals surface area contributed by atoms with Gasteiger partial charge in [-0.25, -0.2) is 0 Å². The molecule has 68 valence electrons. The van der Waals surface area contributed by atoms with Gasteiger partial charge in [0.05, 0.1) is 0 Å². The first-order valence-corrected chi connectivity index (χ1v) is 4.05. The molecule has 12 heavy (non-hydrogen) atoms. The molecule has 1 aliphatic heterocycles. The van der Waals surface area contributed by atoms with Gasteiger partial charge in [-0.05, 0) is 20.3 Å². The second kappa shape index (κ2) is 3.72. The van der Waals surface area contributed by atoms with Crippen LogP contribution in [-0.2, 0) is 14.3 Å². The van der Waals surface area contributed by atoms with Crippen molar-refractivity contribution in [2.45, 2.75) is 33.0 Å². The van der Waals surface area contributed by atoms with E-state index in [1.807, 2.05) is 6.92 Å². The Bertz CT molecular complexity index is 218. The molecule has 0 N–H and O–H groups in total. The van der Waals surface area contributed by atoms with E-state index in [2.05, 4.69) is 0 Å². The summed E-state index contributed by atoms with van der Waals surface area (Å²) in [5, 5.41) is 0. The quantitative estimate of drug-likeness (QED) is 0.632. The first-order valence-electron chi connectivity index (χ1n) is 4.05. The zero-order chi connectivity index (χ0) is 9.14. The third-order valence-electron chi connectivity index (χ3n) is 2.05. The maximum absolute atomic E-state index is 11.0. The van der Waals surface area contributed by atoms with Gasteiger partial charge in [0.1, 0.15) is 5.76 Å². The lowest BCUT2D eigenvalue weighted by Crippen LogP contribution is -2.21. The van der Waals surface area contributed by atoms with Crippen LogP contribution in [0.2, 0.25) is 0 Å². The third-order valence-corrected chi connectivity index (χ3v) is 2.05. The van der Waals surface area contributed by atoms with Crippen molar-refractivity contribution < 1.29 is 14.3 Å². The number of hydrogen-bond acceptors (Lipinski definition) is 3. The van der Waals surface area contributed by atoms with Crippen molar-refractivity contribution in [3.8, 4) is 0 Å². The Kier molecular flexibility index (Phi) is 2.87. The molecule has 0 aromatic rings. The van der Waals surface area contributed by atoms with Crippen LogP contribution in [0.15, 0.2) is 11.3 Å². The van der Waals surface area contributed by atoms with E-state index in [9.17, 15) is 4.79 Å². The van der Waals surface area contributed by atoms with Gasteiger partial charge < -0.3 is 9.47 Å². The van der Waals surface area contributed by atoms with E-state index in [-0.39, 0.29) is 12.1 Å². The lowest BCUT2D eigenvalue weighted by Gasteiger charge is -2.24.